The van der Waals surface area contributed by atoms with E-state index in [1.54, 1.807) is 47.7 Å². The van der Waals surface area contributed by atoms with E-state index in [2.05, 4.69) is 16.3 Å². The van der Waals surface area contributed by atoms with Crippen molar-refractivity contribution in [2.45, 2.75) is 19.2 Å². The van der Waals surface area contributed by atoms with E-state index < -0.39 is 6.10 Å². The van der Waals surface area contributed by atoms with Crippen LogP contribution in [0.15, 0.2) is 65.4 Å². The van der Waals surface area contributed by atoms with Gasteiger partial charge < -0.3 is 9.84 Å². The third-order valence-corrected chi connectivity index (χ3v) is 5.01. The van der Waals surface area contributed by atoms with E-state index in [-0.39, 0.29) is 12.4 Å². The zero-order chi connectivity index (χ0) is 19.1. The van der Waals surface area contributed by atoms with Crippen molar-refractivity contribution in [2.24, 2.45) is 0 Å². The molecule has 27 heavy (non-hydrogen) atoms. The summed E-state index contributed by atoms with van der Waals surface area (Å²) < 4.78 is 18.8. The van der Waals surface area contributed by atoms with Gasteiger partial charge in [0.2, 0.25) is 0 Å². The number of rotatable bonds is 9. The maximum Gasteiger partial charge on any atom is 0.123 e. The minimum absolute atomic E-state index is 0.186. The van der Waals surface area contributed by atoms with Crippen LogP contribution in [0.1, 0.15) is 11.1 Å². The van der Waals surface area contributed by atoms with Crippen LogP contribution in [0, 0.1) is 5.82 Å². The molecule has 3 aromatic rings. The van der Waals surface area contributed by atoms with Crippen molar-refractivity contribution in [3.05, 3.63) is 87.3 Å². The highest BCUT2D eigenvalue weighted by Gasteiger charge is 2.14. The Morgan fingerprint density at radius 3 is 2.37 bits per heavy atom. The molecule has 3 rings (SSSR count). The molecule has 0 saturated carbocycles. The summed E-state index contributed by atoms with van der Waals surface area (Å²) in [5.41, 5.74) is 2.19. The smallest absolute Gasteiger partial charge is 0.123 e. The second-order valence-corrected chi connectivity index (χ2v) is 7.56. The minimum atomic E-state index is -0.653. The fourth-order valence-electron chi connectivity index (χ4n) is 2.75. The first-order chi connectivity index (χ1) is 13.1. The van der Waals surface area contributed by atoms with Gasteiger partial charge in [-0.05, 0) is 64.4 Å². The standard InChI is InChI=1S/C21H21ClFNO2S/c22-18-3-7-21(8-4-18)26-14-20(25)13-24(12-17-9-10-27-15-17)11-16-1-5-19(23)6-2-16/h1-10,15,20,25H,11-14H2/t20-/m0/s1. The average Bonchev–Trinajstić information content (AvgIpc) is 3.16. The molecule has 0 saturated heterocycles. The first kappa shape index (κ1) is 19.8. The lowest BCUT2D eigenvalue weighted by molar-refractivity contribution is 0.0629. The predicted octanol–water partition coefficient (Wildman–Crippen LogP) is 4.98. The Balaban J connectivity index is 1.59. The van der Waals surface area contributed by atoms with E-state index in [0.29, 0.717) is 30.4 Å². The molecule has 1 aromatic heterocycles. The van der Waals surface area contributed by atoms with Gasteiger partial charge >= 0.3 is 0 Å². The van der Waals surface area contributed by atoms with Crippen molar-refractivity contribution in [3.63, 3.8) is 0 Å². The van der Waals surface area contributed by atoms with Gasteiger partial charge in [-0.2, -0.15) is 11.3 Å². The number of aliphatic hydroxyl groups excluding tert-OH is 1. The number of thiophene rings is 1. The molecule has 1 atom stereocenters. The highest BCUT2D eigenvalue weighted by Crippen LogP contribution is 2.17. The van der Waals surface area contributed by atoms with Crippen LogP contribution < -0.4 is 4.74 Å². The molecule has 6 heteroatoms. The normalized spacial score (nSPS) is 12.3. The monoisotopic (exact) mass is 405 g/mol. The molecule has 0 aliphatic heterocycles. The highest BCUT2D eigenvalue weighted by molar-refractivity contribution is 7.07. The van der Waals surface area contributed by atoms with E-state index in [1.165, 1.54) is 17.7 Å². The molecule has 0 amide bonds. The van der Waals surface area contributed by atoms with Gasteiger partial charge in [0.05, 0.1) is 0 Å². The second-order valence-electron chi connectivity index (χ2n) is 6.35. The number of halogens is 2. The number of benzene rings is 2. The predicted molar refractivity (Wildman–Crippen MR) is 108 cm³/mol. The van der Waals surface area contributed by atoms with Crippen LogP contribution in [0.2, 0.25) is 5.02 Å². The summed E-state index contributed by atoms with van der Waals surface area (Å²) >= 11 is 7.51. The molecule has 2 aromatic carbocycles. The number of nitrogens with zero attached hydrogens (tertiary/aromatic N) is 1. The summed E-state index contributed by atoms with van der Waals surface area (Å²) in [6, 6.07) is 15.6. The third-order valence-electron chi connectivity index (χ3n) is 4.03. The van der Waals surface area contributed by atoms with Crippen LogP contribution >= 0.6 is 22.9 Å². The van der Waals surface area contributed by atoms with Crippen molar-refractivity contribution in [1.82, 2.24) is 4.90 Å². The summed E-state index contributed by atoms with van der Waals surface area (Å²) in [5, 5.41) is 15.2. The molecule has 0 fully saturated rings. The molecule has 0 spiro atoms. The number of ether oxygens (including phenoxy) is 1. The van der Waals surface area contributed by atoms with Gasteiger partial charge in [0.15, 0.2) is 0 Å². The van der Waals surface area contributed by atoms with Gasteiger partial charge in [0.25, 0.3) is 0 Å². The van der Waals surface area contributed by atoms with E-state index in [9.17, 15) is 9.50 Å². The van der Waals surface area contributed by atoms with Crippen LogP contribution in [-0.4, -0.2) is 29.3 Å². The zero-order valence-corrected chi connectivity index (χ0v) is 16.3. The van der Waals surface area contributed by atoms with Gasteiger partial charge in [-0.3, -0.25) is 4.90 Å². The third kappa shape index (κ3) is 6.63. The molecule has 142 valence electrons. The second kappa shape index (κ2) is 9.85. The molecule has 0 aliphatic carbocycles. The lowest BCUT2D eigenvalue weighted by Gasteiger charge is -2.25. The van der Waals surface area contributed by atoms with E-state index >= 15 is 0 Å². The number of aliphatic hydroxyl groups is 1. The van der Waals surface area contributed by atoms with E-state index in [4.69, 9.17) is 16.3 Å². The Labute approximate surface area is 167 Å². The van der Waals surface area contributed by atoms with Gasteiger partial charge in [0.1, 0.15) is 24.3 Å². The van der Waals surface area contributed by atoms with Gasteiger partial charge in [0, 0.05) is 24.7 Å². The SMILES string of the molecule is O[C@H](COc1ccc(Cl)cc1)CN(Cc1ccc(F)cc1)Cc1ccsc1. The van der Waals surface area contributed by atoms with E-state index in [1.807, 2.05) is 5.38 Å². The minimum Gasteiger partial charge on any atom is -0.491 e. The van der Waals surface area contributed by atoms with Crippen molar-refractivity contribution < 1.29 is 14.2 Å². The molecule has 3 nitrogen and oxygen atoms in total. The quantitative estimate of drug-likeness (QED) is 0.544. The average molecular weight is 406 g/mol. The number of hydrogen-bond donors (Lipinski definition) is 1. The van der Waals surface area contributed by atoms with Crippen LogP contribution in [-0.2, 0) is 13.1 Å². The Morgan fingerprint density at radius 2 is 1.70 bits per heavy atom. The fourth-order valence-corrected chi connectivity index (χ4v) is 3.53. The van der Waals surface area contributed by atoms with Gasteiger partial charge in [-0.1, -0.05) is 23.7 Å². The maximum atomic E-state index is 13.1. The molecule has 0 bridgehead atoms. The summed E-state index contributed by atoms with van der Waals surface area (Å²) in [6.07, 6.45) is -0.653. The molecule has 0 unspecified atom stereocenters. The summed E-state index contributed by atoms with van der Waals surface area (Å²) in [5.74, 6) is 0.418. The highest BCUT2D eigenvalue weighted by atomic mass is 35.5. The van der Waals surface area contributed by atoms with Crippen LogP contribution in [0.25, 0.3) is 0 Å². The topological polar surface area (TPSA) is 32.7 Å². The Bertz CT molecular complexity index is 809. The summed E-state index contributed by atoms with van der Waals surface area (Å²) in [6.45, 7) is 1.96. The maximum absolute atomic E-state index is 13.1. The van der Waals surface area contributed by atoms with E-state index in [0.717, 1.165) is 5.56 Å². The zero-order valence-electron chi connectivity index (χ0n) is 14.7. The Kier molecular flexibility index (Phi) is 7.24. The Morgan fingerprint density at radius 1 is 1.00 bits per heavy atom. The first-order valence-electron chi connectivity index (χ1n) is 8.63. The van der Waals surface area contributed by atoms with Crippen LogP contribution in [0.3, 0.4) is 0 Å². The van der Waals surface area contributed by atoms with Gasteiger partial charge in [-0.25, -0.2) is 4.39 Å². The van der Waals surface area contributed by atoms with Gasteiger partial charge in [-0.15, -0.1) is 0 Å². The van der Waals surface area contributed by atoms with Crippen LogP contribution in [0.5, 0.6) is 5.75 Å². The van der Waals surface area contributed by atoms with Crippen molar-refractivity contribution in [3.8, 4) is 5.75 Å². The Hall–Kier alpha value is -1.92. The van der Waals surface area contributed by atoms with Crippen molar-refractivity contribution >= 4 is 22.9 Å². The molecule has 0 aliphatic rings. The lowest BCUT2D eigenvalue weighted by Crippen LogP contribution is -2.35. The van der Waals surface area contributed by atoms with Crippen molar-refractivity contribution in [1.29, 1.82) is 0 Å². The molecular weight excluding hydrogens is 385 g/mol. The first-order valence-corrected chi connectivity index (χ1v) is 9.95. The summed E-state index contributed by atoms with van der Waals surface area (Å²) in [4.78, 5) is 2.13. The summed E-state index contributed by atoms with van der Waals surface area (Å²) in [7, 11) is 0. The lowest BCUT2D eigenvalue weighted by atomic mass is 10.2. The number of hydrogen-bond acceptors (Lipinski definition) is 4. The molecule has 0 radical (unpaired) electrons. The largest absolute Gasteiger partial charge is 0.491 e. The molecular formula is C21H21ClFNO2S. The van der Waals surface area contributed by atoms with Crippen molar-refractivity contribution in [2.75, 3.05) is 13.2 Å². The van der Waals surface area contributed by atoms with Crippen LogP contribution in [0.4, 0.5) is 4.39 Å². The molecule has 1 heterocycles. The fraction of sp³-hybridized carbons (Fsp3) is 0.238. The molecule has 1 N–H and O–H groups in total.